The lowest BCUT2D eigenvalue weighted by Crippen LogP contribution is -2.47. The number of methoxy groups -OCH3 is 1. The molecule has 1 N–H and O–H groups in total. The van der Waals surface area contributed by atoms with Gasteiger partial charge in [-0.05, 0) is 35.2 Å². The third-order valence-electron chi connectivity index (χ3n) is 5.90. The number of carbonyl (C=O) groups is 2. The highest BCUT2D eigenvalue weighted by molar-refractivity contribution is 7.10. The molecule has 2 aliphatic heterocycles. The lowest BCUT2D eigenvalue weighted by atomic mass is 9.81. The normalized spacial score (nSPS) is 19.2. The van der Waals surface area contributed by atoms with Crippen molar-refractivity contribution in [3.63, 3.8) is 0 Å². The maximum atomic E-state index is 13.8. The van der Waals surface area contributed by atoms with E-state index in [1.165, 1.54) is 11.3 Å². The van der Waals surface area contributed by atoms with Gasteiger partial charge in [0.25, 0.3) is 5.91 Å². The Balaban J connectivity index is 1.54. The Morgan fingerprint density at radius 3 is 2.73 bits per heavy atom. The van der Waals surface area contributed by atoms with Gasteiger partial charge < -0.3 is 24.4 Å². The van der Waals surface area contributed by atoms with Gasteiger partial charge in [0.15, 0.2) is 11.5 Å². The maximum absolute atomic E-state index is 13.8. The smallest absolute Gasteiger partial charge is 0.254 e. The number of thiophene rings is 1. The molecule has 2 atom stereocenters. The van der Waals surface area contributed by atoms with Crippen molar-refractivity contribution in [2.24, 2.45) is 0 Å². The van der Waals surface area contributed by atoms with E-state index in [1.54, 1.807) is 36.3 Å². The molecule has 0 radical (unpaired) electrons. The molecule has 0 unspecified atom stereocenters. The zero-order chi connectivity index (χ0) is 22.8. The van der Waals surface area contributed by atoms with Gasteiger partial charge in [-0.15, -0.1) is 11.3 Å². The Bertz CT molecular complexity index is 1160. The number of nitrogens with zero attached hydrogens (tertiary/aromatic N) is 1. The number of rotatable bonds is 6. The van der Waals surface area contributed by atoms with Crippen LogP contribution in [0, 0.1) is 0 Å². The second kappa shape index (κ2) is 9.25. The first kappa shape index (κ1) is 21.5. The Morgan fingerprint density at radius 2 is 1.94 bits per heavy atom. The fraction of sp³-hybridized carbons (Fsp3) is 0.280. The summed E-state index contributed by atoms with van der Waals surface area (Å²) in [7, 11) is 1.61. The summed E-state index contributed by atoms with van der Waals surface area (Å²) in [5.74, 6) is 0.407. The second-order valence-electron chi connectivity index (χ2n) is 7.86. The van der Waals surface area contributed by atoms with Gasteiger partial charge in [-0.2, -0.15) is 0 Å². The molecule has 0 bridgehead atoms. The van der Waals surface area contributed by atoms with Crippen LogP contribution in [0.3, 0.4) is 0 Å². The number of fused-ring (bicyclic) bond motifs is 2. The number of ether oxygens (including phenoxy) is 3. The van der Waals surface area contributed by atoms with E-state index in [-0.39, 0.29) is 11.8 Å². The largest absolute Gasteiger partial charge is 0.486 e. The standard InChI is InChI=1S/C25H24N2O5S/c1-30-11-10-27-23(21-7-4-14-33-21)22(17-5-2-3-6-18(17)25(27)29)24(28)26-16-8-9-19-20(15-16)32-13-12-31-19/h2-9,14-15,22-23H,10-13H2,1H3,(H,26,28)/t22-,23+/m0/s1. The van der Waals surface area contributed by atoms with Gasteiger partial charge in [-0.1, -0.05) is 24.3 Å². The van der Waals surface area contributed by atoms with Crippen LogP contribution in [-0.4, -0.2) is 50.2 Å². The van der Waals surface area contributed by atoms with Crippen molar-refractivity contribution in [1.82, 2.24) is 4.90 Å². The Morgan fingerprint density at radius 1 is 1.12 bits per heavy atom. The number of anilines is 1. The van der Waals surface area contributed by atoms with E-state index in [0.29, 0.717) is 49.1 Å². The van der Waals surface area contributed by atoms with Crippen LogP contribution in [0.2, 0.25) is 0 Å². The molecular formula is C25H24N2O5S. The van der Waals surface area contributed by atoms with Crippen molar-refractivity contribution in [1.29, 1.82) is 0 Å². The van der Waals surface area contributed by atoms with E-state index in [4.69, 9.17) is 14.2 Å². The van der Waals surface area contributed by atoms with Gasteiger partial charge in [0.1, 0.15) is 13.2 Å². The molecule has 3 heterocycles. The van der Waals surface area contributed by atoms with Gasteiger partial charge in [0.2, 0.25) is 5.91 Å². The van der Waals surface area contributed by atoms with Crippen LogP contribution in [0.5, 0.6) is 11.5 Å². The Kier molecular flexibility index (Phi) is 6.02. The van der Waals surface area contributed by atoms with Crippen molar-refractivity contribution >= 4 is 28.8 Å². The number of benzene rings is 2. The summed E-state index contributed by atoms with van der Waals surface area (Å²) < 4.78 is 16.5. The van der Waals surface area contributed by atoms with Crippen LogP contribution in [0.15, 0.2) is 60.0 Å². The first-order valence-corrected chi connectivity index (χ1v) is 11.7. The quantitative estimate of drug-likeness (QED) is 0.595. The number of hydrogen-bond donors (Lipinski definition) is 1. The van der Waals surface area contributed by atoms with Crippen molar-refractivity contribution in [2.45, 2.75) is 12.0 Å². The van der Waals surface area contributed by atoms with Crippen molar-refractivity contribution in [3.8, 4) is 11.5 Å². The van der Waals surface area contributed by atoms with Crippen molar-refractivity contribution in [2.75, 3.05) is 38.8 Å². The molecule has 170 valence electrons. The number of hydrogen-bond acceptors (Lipinski definition) is 6. The average molecular weight is 465 g/mol. The van der Waals surface area contributed by atoms with Crippen molar-refractivity contribution in [3.05, 3.63) is 76.0 Å². The molecule has 0 aliphatic carbocycles. The molecule has 0 spiro atoms. The van der Waals surface area contributed by atoms with Gasteiger partial charge >= 0.3 is 0 Å². The molecule has 2 aliphatic rings. The summed E-state index contributed by atoms with van der Waals surface area (Å²) in [4.78, 5) is 29.9. The van der Waals surface area contributed by atoms with Crippen LogP contribution >= 0.6 is 11.3 Å². The SMILES string of the molecule is COCCN1C(=O)c2ccccc2[C@H](C(=O)Nc2ccc3c(c2)OCCO3)[C@H]1c1cccs1. The molecule has 0 fully saturated rings. The minimum absolute atomic E-state index is 0.0931. The first-order valence-electron chi connectivity index (χ1n) is 10.8. The van der Waals surface area contributed by atoms with Crippen LogP contribution in [0.4, 0.5) is 5.69 Å². The highest BCUT2D eigenvalue weighted by atomic mass is 32.1. The van der Waals surface area contributed by atoms with E-state index < -0.39 is 12.0 Å². The van der Waals surface area contributed by atoms with E-state index in [9.17, 15) is 9.59 Å². The molecule has 2 amide bonds. The molecule has 1 aromatic heterocycles. The minimum Gasteiger partial charge on any atom is -0.486 e. The second-order valence-corrected chi connectivity index (χ2v) is 8.84. The lowest BCUT2D eigenvalue weighted by Gasteiger charge is -2.41. The molecule has 0 saturated heterocycles. The molecule has 3 aromatic rings. The summed E-state index contributed by atoms with van der Waals surface area (Å²) in [5.41, 5.74) is 1.89. The Labute approximate surface area is 195 Å². The van der Waals surface area contributed by atoms with Gasteiger partial charge in [-0.25, -0.2) is 0 Å². The summed E-state index contributed by atoms with van der Waals surface area (Å²) in [6.45, 7) is 1.75. The van der Waals surface area contributed by atoms with Crippen molar-refractivity contribution < 1.29 is 23.8 Å². The van der Waals surface area contributed by atoms with E-state index in [2.05, 4.69) is 5.32 Å². The Hall–Kier alpha value is -3.36. The van der Waals surface area contributed by atoms with Gasteiger partial charge in [0, 0.05) is 35.8 Å². The third-order valence-corrected chi connectivity index (χ3v) is 6.84. The molecular weight excluding hydrogens is 440 g/mol. The van der Waals surface area contributed by atoms with Gasteiger partial charge in [0.05, 0.1) is 18.6 Å². The van der Waals surface area contributed by atoms with Crippen LogP contribution in [0.1, 0.15) is 32.8 Å². The first-order chi connectivity index (χ1) is 16.2. The van der Waals surface area contributed by atoms with Crippen LogP contribution < -0.4 is 14.8 Å². The minimum atomic E-state index is -0.581. The van der Waals surface area contributed by atoms with E-state index in [1.807, 2.05) is 35.7 Å². The summed E-state index contributed by atoms with van der Waals surface area (Å²) in [6, 6.07) is 16.2. The topological polar surface area (TPSA) is 77.1 Å². The summed E-state index contributed by atoms with van der Waals surface area (Å²) in [6.07, 6.45) is 0. The molecule has 8 heteroatoms. The zero-order valence-electron chi connectivity index (χ0n) is 18.2. The average Bonchev–Trinajstić information content (AvgIpc) is 3.38. The molecule has 0 saturated carbocycles. The van der Waals surface area contributed by atoms with Gasteiger partial charge in [-0.3, -0.25) is 9.59 Å². The number of carbonyl (C=O) groups excluding carboxylic acids is 2. The fourth-order valence-corrected chi connectivity index (χ4v) is 5.30. The van der Waals surface area contributed by atoms with E-state index in [0.717, 1.165) is 10.4 Å². The van der Waals surface area contributed by atoms with Crippen LogP contribution in [-0.2, 0) is 9.53 Å². The molecule has 2 aromatic carbocycles. The summed E-state index contributed by atoms with van der Waals surface area (Å²) in [5, 5.41) is 5.01. The van der Waals surface area contributed by atoms with E-state index >= 15 is 0 Å². The maximum Gasteiger partial charge on any atom is 0.254 e. The monoisotopic (exact) mass is 464 g/mol. The molecule has 7 nitrogen and oxygen atoms in total. The highest BCUT2D eigenvalue weighted by Gasteiger charge is 2.44. The summed E-state index contributed by atoms with van der Waals surface area (Å²) >= 11 is 1.54. The zero-order valence-corrected chi connectivity index (χ0v) is 19.0. The van der Waals surface area contributed by atoms with Crippen LogP contribution in [0.25, 0.3) is 0 Å². The number of amides is 2. The lowest BCUT2D eigenvalue weighted by molar-refractivity contribution is -0.119. The molecule has 5 rings (SSSR count). The third kappa shape index (κ3) is 4.07. The highest BCUT2D eigenvalue weighted by Crippen LogP contribution is 2.44. The molecule has 33 heavy (non-hydrogen) atoms. The number of nitrogens with one attached hydrogen (secondary N) is 1. The predicted molar refractivity (Wildman–Crippen MR) is 125 cm³/mol. The fourth-order valence-electron chi connectivity index (χ4n) is 4.43. The predicted octanol–water partition coefficient (Wildman–Crippen LogP) is 4.09.